The molecule has 0 unspecified atom stereocenters. The number of hydrogen-bond acceptors (Lipinski definition) is 2. The summed E-state index contributed by atoms with van der Waals surface area (Å²) in [5.74, 6) is -0.264. The van der Waals surface area contributed by atoms with Crippen LogP contribution in [0.1, 0.15) is 24.9 Å². The molecule has 13 heavy (non-hydrogen) atoms. The van der Waals surface area contributed by atoms with Crippen LogP contribution in [0.5, 0.6) is 0 Å². The molecule has 3 nitrogen and oxygen atoms in total. The molecule has 1 rings (SSSR count). The maximum atomic E-state index is 12.3. The van der Waals surface area contributed by atoms with Crippen LogP contribution in [-0.4, -0.2) is 15.8 Å². The van der Waals surface area contributed by atoms with Gasteiger partial charge in [-0.05, 0) is 6.92 Å². The predicted octanol–water partition coefficient (Wildman–Crippen LogP) is 1.58. The summed E-state index contributed by atoms with van der Waals surface area (Å²) in [6.45, 7) is 2.14. The molecule has 1 aromatic heterocycles. The van der Waals surface area contributed by atoms with E-state index in [1.165, 1.54) is 10.8 Å². The quantitative estimate of drug-likeness (QED) is 0.672. The molecule has 0 aliphatic rings. The molecule has 0 spiro atoms. The Balaban J connectivity index is 3.02. The van der Waals surface area contributed by atoms with Crippen molar-refractivity contribution in [3.8, 4) is 0 Å². The van der Waals surface area contributed by atoms with Crippen molar-refractivity contribution < 1.29 is 13.6 Å². The maximum absolute atomic E-state index is 12.3. The van der Waals surface area contributed by atoms with Gasteiger partial charge in [0.2, 0.25) is 0 Å². The number of nitrogens with zero attached hydrogens (tertiary/aromatic N) is 2. The van der Waals surface area contributed by atoms with Crippen molar-refractivity contribution in [1.82, 2.24) is 9.55 Å². The fourth-order valence-corrected chi connectivity index (χ4v) is 1.21. The Labute approximate surface area is 74.4 Å². The first-order valence-electron chi connectivity index (χ1n) is 3.96. The zero-order valence-corrected chi connectivity index (χ0v) is 7.20. The highest BCUT2D eigenvalue weighted by Gasteiger charge is 2.16. The molecule has 0 atom stereocenters. The van der Waals surface area contributed by atoms with E-state index in [9.17, 15) is 13.6 Å². The average Bonchev–Trinajstić information content (AvgIpc) is 2.48. The fraction of sp³-hybridized carbons (Fsp3) is 0.500. The van der Waals surface area contributed by atoms with Crippen LogP contribution in [0.25, 0.3) is 0 Å². The molecular formula is C8H10F2N2O. The molecule has 72 valence electrons. The lowest BCUT2D eigenvalue weighted by atomic mass is 10.3. The first-order valence-corrected chi connectivity index (χ1v) is 3.96. The van der Waals surface area contributed by atoms with Crippen LogP contribution in [0, 0.1) is 0 Å². The van der Waals surface area contributed by atoms with E-state index in [1.807, 2.05) is 0 Å². The van der Waals surface area contributed by atoms with Crippen LogP contribution in [0.3, 0.4) is 0 Å². The van der Waals surface area contributed by atoms with Gasteiger partial charge < -0.3 is 9.36 Å². The number of carbonyl (C=O) groups excluding carboxylic acids is 1. The van der Waals surface area contributed by atoms with Crippen molar-refractivity contribution in [1.29, 1.82) is 0 Å². The molecule has 0 amide bonds. The van der Waals surface area contributed by atoms with Gasteiger partial charge in [-0.3, -0.25) is 0 Å². The van der Waals surface area contributed by atoms with Gasteiger partial charge in [0.05, 0.1) is 0 Å². The second kappa shape index (κ2) is 4.11. The lowest BCUT2D eigenvalue weighted by molar-refractivity contribution is -0.107. The van der Waals surface area contributed by atoms with E-state index in [0.29, 0.717) is 18.5 Å². The third-order valence-corrected chi connectivity index (χ3v) is 1.77. The Morgan fingerprint density at radius 1 is 1.69 bits per heavy atom. The molecule has 0 N–H and O–H groups in total. The smallest absolute Gasteiger partial charge is 0.295 e. The van der Waals surface area contributed by atoms with Crippen molar-refractivity contribution in [3.63, 3.8) is 0 Å². The highest BCUT2D eigenvalue weighted by Crippen LogP contribution is 2.18. The fourth-order valence-electron chi connectivity index (χ4n) is 1.21. The van der Waals surface area contributed by atoms with Crippen LogP contribution in [0.2, 0.25) is 0 Å². The molecule has 5 heteroatoms. The Morgan fingerprint density at radius 2 is 2.38 bits per heavy atom. The highest BCUT2D eigenvalue weighted by atomic mass is 19.3. The van der Waals surface area contributed by atoms with Crippen molar-refractivity contribution in [2.75, 3.05) is 0 Å². The number of aromatic nitrogens is 2. The molecule has 1 aromatic rings. The van der Waals surface area contributed by atoms with Gasteiger partial charge in [-0.1, -0.05) is 0 Å². The number of hydrogen-bond donors (Lipinski definition) is 0. The van der Waals surface area contributed by atoms with Crippen LogP contribution in [0.4, 0.5) is 8.78 Å². The monoisotopic (exact) mass is 188 g/mol. The molecule has 0 radical (unpaired) electrons. The summed E-state index contributed by atoms with van der Waals surface area (Å²) in [4.78, 5) is 13.8. The molecule has 0 bridgehead atoms. The lowest BCUT2D eigenvalue weighted by Crippen LogP contribution is -2.06. The minimum atomic E-state index is -2.58. The Morgan fingerprint density at radius 3 is 2.85 bits per heavy atom. The van der Waals surface area contributed by atoms with Crippen LogP contribution >= 0.6 is 0 Å². The second-order valence-electron chi connectivity index (χ2n) is 2.52. The third kappa shape index (κ3) is 1.91. The minimum absolute atomic E-state index is 0.132. The predicted molar refractivity (Wildman–Crippen MR) is 42.6 cm³/mol. The summed E-state index contributed by atoms with van der Waals surface area (Å²) in [6, 6.07) is 0. The van der Waals surface area contributed by atoms with E-state index in [0.717, 1.165) is 0 Å². The van der Waals surface area contributed by atoms with Gasteiger partial charge in [0.1, 0.15) is 6.29 Å². The molecule has 0 saturated carbocycles. The number of alkyl halides is 2. The normalized spacial score (nSPS) is 10.8. The Hall–Kier alpha value is -1.26. The lowest BCUT2D eigenvalue weighted by Gasteiger charge is -2.06. The van der Waals surface area contributed by atoms with Crippen LogP contribution in [-0.2, 0) is 17.8 Å². The van der Waals surface area contributed by atoms with Crippen molar-refractivity contribution >= 4 is 6.29 Å². The maximum Gasteiger partial charge on any atom is 0.295 e. The number of imidazole rings is 1. The molecule has 0 aliphatic carbocycles. The van der Waals surface area contributed by atoms with E-state index >= 15 is 0 Å². The van der Waals surface area contributed by atoms with E-state index < -0.39 is 6.43 Å². The summed E-state index contributed by atoms with van der Waals surface area (Å²) < 4.78 is 26.0. The van der Waals surface area contributed by atoms with E-state index in [-0.39, 0.29) is 12.2 Å². The number of rotatable bonds is 4. The molecule has 0 saturated heterocycles. The zero-order chi connectivity index (χ0) is 9.84. The zero-order valence-electron chi connectivity index (χ0n) is 7.20. The highest BCUT2D eigenvalue weighted by molar-refractivity contribution is 5.53. The van der Waals surface area contributed by atoms with Crippen LogP contribution < -0.4 is 0 Å². The van der Waals surface area contributed by atoms with E-state index in [4.69, 9.17) is 0 Å². The summed E-state index contributed by atoms with van der Waals surface area (Å²) in [7, 11) is 0. The summed E-state index contributed by atoms with van der Waals surface area (Å²) in [5, 5.41) is 0. The topological polar surface area (TPSA) is 34.9 Å². The first kappa shape index (κ1) is 9.83. The van der Waals surface area contributed by atoms with E-state index in [2.05, 4.69) is 4.98 Å². The van der Waals surface area contributed by atoms with E-state index in [1.54, 1.807) is 6.92 Å². The van der Waals surface area contributed by atoms with Gasteiger partial charge >= 0.3 is 0 Å². The summed E-state index contributed by atoms with van der Waals surface area (Å²) >= 11 is 0. The first-order chi connectivity index (χ1) is 6.20. The summed E-state index contributed by atoms with van der Waals surface area (Å²) in [5.41, 5.74) is 0.535. The Kier molecular flexibility index (Phi) is 3.11. The van der Waals surface area contributed by atoms with Crippen molar-refractivity contribution in [2.24, 2.45) is 0 Å². The minimum Gasteiger partial charge on any atom is -0.327 e. The molecule has 0 aromatic carbocycles. The van der Waals surface area contributed by atoms with Gasteiger partial charge in [0, 0.05) is 24.9 Å². The molecule has 1 heterocycles. The average molecular weight is 188 g/mol. The standard InChI is InChI=1S/C8H10F2N2O/c1-2-12-6(3-4-13)5-11-8(12)7(9)10/h4-5,7H,2-3H2,1H3. The van der Waals surface area contributed by atoms with Gasteiger partial charge in [0.25, 0.3) is 6.43 Å². The van der Waals surface area contributed by atoms with Gasteiger partial charge in [0.15, 0.2) is 5.82 Å². The van der Waals surface area contributed by atoms with Gasteiger partial charge in [-0.25, -0.2) is 13.8 Å². The van der Waals surface area contributed by atoms with Crippen molar-refractivity contribution in [2.45, 2.75) is 26.3 Å². The summed E-state index contributed by atoms with van der Waals surface area (Å²) in [6.07, 6.45) is -0.453. The second-order valence-corrected chi connectivity index (χ2v) is 2.52. The molecular weight excluding hydrogens is 178 g/mol. The van der Waals surface area contributed by atoms with Gasteiger partial charge in [-0.15, -0.1) is 0 Å². The molecule has 0 fully saturated rings. The number of aldehydes is 1. The van der Waals surface area contributed by atoms with Crippen LogP contribution in [0.15, 0.2) is 6.20 Å². The third-order valence-electron chi connectivity index (χ3n) is 1.77. The number of carbonyl (C=O) groups is 1. The SMILES string of the molecule is CCn1c(CC=O)cnc1C(F)F. The largest absolute Gasteiger partial charge is 0.327 e. The number of halogens is 2. The Bertz CT molecular complexity index is 296. The molecule has 0 aliphatic heterocycles. The van der Waals surface area contributed by atoms with Crippen molar-refractivity contribution in [3.05, 3.63) is 17.7 Å². The van der Waals surface area contributed by atoms with Gasteiger partial charge in [-0.2, -0.15) is 0 Å².